The van der Waals surface area contributed by atoms with Gasteiger partial charge in [-0.3, -0.25) is 4.79 Å². The summed E-state index contributed by atoms with van der Waals surface area (Å²) in [6, 6.07) is 6.39. The van der Waals surface area contributed by atoms with Gasteiger partial charge in [0.2, 0.25) is 10.0 Å². The van der Waals surface area contributed by atoms with Gasteiger partial charge in [-0.05, 0) is 56.6 Å². The van der Waals surface area contributed by atoms with Crippen molar-refractivity contribution in [3.8, 4) is 0 Å². The number of benzene rings is 1. The number of sulfonamides is 1. The Morgan fingerprint density at radius 3 is 2.50 bits per heavy atom. The third-order valence-electron chi connectivity index (χ3n) is 4.48. The van der Waals surface area contributed by atoms with Crippen LogP contribution < -0.4 is 10.0 Å². The first-order valence-electron chi connectivity index (χ1n) is 9.10. The molecule has 0 aromatic heterocycles. The molecule has 2 N–H and O–H groups in total. The highest BCUT2D eigenvalue weighted by Gasteiger charge is 2.25. The van der Waals surface area contributed by atoms with E-state index in [1.807, 2.05) is 4.90 Å². The molecule has 0 spiro atoms. The number of nitrogens with one attached hydrogen (secondary N) is 2. The van der Waals surface area contributed by atoms with E-state index in [0.29, 0.717) is 18.7 Å². The second-order valence-electron chi connectivity index (χ2n) is 6.39. The van der Waals surface area contributed by atoms with Crippen LogP contribution in [0.4, 0.5) is 0 Å². The smallest absolute Gasteiger partial charge is 0.254 e. The van der Waals surface area contributed by atoms with Crippen molar-refractivity contribution in [1.29, 1.82) is 0 Å². The van der Waals surface area contributed by atoms with Crippen LogP contribution in [0.5, 0.6) is 0 Å². The summed E-state index contributed by atoms with van der Waals surface area (Å²) in [5.74, 6) is -0.0324. The lowest BCUT2D eigenvalue weighted by molar-refractivity contribution is 0.0642. The Labute approximate surface area is 156 Å². The van der Waals surface area contributed by atoms with E-state index in [0.717, 1.165) is 32.4 Å². The lowest BCUT2D eigenvalue weighted by Gasteiger charge is -2.34. The Bertz CT molecular complexity index is 670. The molecule has 146 valence electrons. The number of nitrogens with zero attached hydrogens (tertiary/aromatic N) is 1. The number of hydrogen-bond acceptors (Lipinski definition) is 5. The van der Waals surface area contributed by atoms with Gasteiger partial charge in [-0.15, -0.1) is 0 Å². The Kier molecular flexibility index (Phi) is 8.02. The first-order chi connectivity index (χ1) is 12.5. The Morgan fingerprint density at radius 1 is 1.27 bits per heavy atom. The van der Waals surface area contributed by atoms with E-state index in [9.17, 15) is 13.2 Å². The van der Waals surface area contributed by atoms with Crippen LogP contribution in [-0.4, -0.2) is 65.2 Å². The van der Waals surface area contributed by atoms with Gasteiger partial charge >= 0.3 is 0 Å². The molecule has 1 fully saturated rings. The van der Waals surface area contributed by atoms with Crippen molar-refractivity contribution in [2.75, 3.05) is 39.9 Å². The third-order valence-corrected chi connectivity index (χ3v) is 5.96. The van der Waals surface area contributed by atoms with Crippen LogP contribution in [0, 0.1) is 0 Å². The fourth-order valence-electron chi connectivity index (χ4n) is 3.11. The monoisotopic (exact) mass is 383 g/mol. The van der Waals surface area contributed by atoms with Gasteiger partial charge in [0, 0.05) is 31.8 Å². The molecule has 26 heavy (non-hydrogen) atoms. The highest BCUT2D eigenvalue weighted by atomic mass is 32.2. The molecule has 1 heterocycles. The maximum atomic E-state index is 12.9. The summed E-state index contributed by atoms with van der Waals surface area (Å²) in [5.41, 5.74) is 0.521. The highest BCUT2D eigenvalue weighted by molar-refractivity contribution is 7.89. The Balaban J connectivity index is 2.10. The van der Waals surface area contributed by atoms with E-state index in [4.69, 9.17) is 4.74 Å². The SMILES string of the molecule is CCCN(C(=O)c1ccc(S(=O)(=O)NCCOC)cc1)C1CCNCC1. The van der Waals surface area contributed by atoms with Gasteiger partial charge in [0.1, 0.15) is 0 Å². The molecule has 0 atom stereocenters. The van der Waals surface area contributed by atoms with Crippen LogP contribution in [-0.2, 0) is 14.8 Å². The van der Waals surface area contributed by atoms with Crippen LogP contribution in [0.2, 0.25) is 0 Å². The fraction of sp³-hybridized carbons (Fsp3) is 0.611. The first kappa shape index (κ1) is 20.8. The van der Waals surface area contributed by atoms with Crippen molar-refractivity contribution >= 4 is 15.9 Å². The molecule has 0 unspecified atom stereocenters. The van der Waals surface area contributed by atoms with Crippen molar-refractivity contribution in [2.45, 2.75) is 37.1 Å². The van der Waals surface area contributed by atoms with Crippen molar-refractivity contribution in [3.63, 3.8) is 0 Å². The molecule has 8 heteroatoms. The maximum Gasteiger partial charge on any atom is 0.254 e. The molecule has 0 aliphatic carbocycles. The zero-order valence-electron chi connectivity index (χ0n) is 15.5. The van der Waals surface area contributed by atoms with Gasteiger partial charge < -0.3 is 15.0 Å². The number of ether oxygens (including phenoxy) is 1. The number of carbonyl (C=O) groups excluding carboxylic acids is 1. The van der Waals surface area contributed by atoms with E-state index in [1.54, 1.807) is 12.1 Å². The predicted molar refractivity (Wildman–Crippen MR) is 101 cm³/mol. The average Bonchev–Trinajstić information content (AvgIpc) is 2.66. The normalized spacial score (nSPS) is 15.8. The standard InChI is InChI=1S/C18H29N3O4S/c1-3-13-21(16-8-10-19-11-9-16)18(22)15-4-6-17(7-5-15)26(23,24)20-12-14-25-2/h4-7,16,19-20H,3,8-14H2,1-2H3. The van der Waals surface area contributed by atoms with Crippen LogP contribution in [0.1, 0.15) is 36.5 Å². The molecule has 1 saturated heterocycles. The predicted octanol–water partition coefficient (Wildman–Crippen LogP) is 1.22. The second kappa shape index (κ2) is 10.0. The third kappa shape index (κ3) is 5.51. The molecule has 1 aliphatic rings. The van der Waals surface area contributed by atoms with Gasteiger partial charge in [-0.25, -0.2) is 13.1 Å². The van der Waals surface area contributed by atoms with Crippen molar-refractivity contribution in [2.24, 2.45) is 0 Å². The molecular formula is C18H29N3O4S. The summed E-state index contributed by atoms with van der Waals surface area (Å²) < 4.78 is 31.7. The number of carbonyl (C=O) groups is 1. The molecule has 0 radical (unpaired) electrons. The van der Waals surface area contributed by atoms with Crippen LogP contribution in [0.3, 0.4) is 0 Å². The van der Waals surface area contributed by atoms with Crippen LogP contribution in [0.25, 0.3) is 0 Å². The van der Waals surface area contributed by atoms with Crippen molar-refractivity contribution < 1.29 is 17.9 Å². The lowest BCUT2D eigenvalue weighted by Crippen LogP contribution is -2.46. The summed E-state index contributed by atoms with van der Waals surface area (Å²) in [5, 5.41) is 3.31. The summed E-state index contributed by atoms with van der Waals surface area (Å²) in [4.78, 5) is 15.0. The van der Waals surface area contributed by atoms with E-state index in [-0.39, 0.29) is 23.4 Å². The quantitative estimate of drug-likeness (QED) is 0.626. The zero-order chi connectivity index (χ0) is 19.0. The molecule has 1 amide bonds. The van der Waals surface area contributed by atoms with Crippen molar-refractivity contribution in [3.05, 3.63) is 29.8 Å². The summed E-state index contributed by atoms with van der Waals surface area (Å²) in [6.45, 7) is 5.12. The van der Waals surface area contributed by atoms with E-state index in [1.165, 1.54) is 19.2 Å². The lowest BCUT2D eigenvalue weighted by atomic mass is 10.0. The van der Waals surface area contributed by atoms with Crippen LogP contribution >= 0.6 is 0 Å². The van der Waals surface area contributed by atoms with Gasteiger partial charge in [0.15, 0.2) is 0 Å². The Hall–Kier alpha value is -1.48. The summed E-state index contributed by atoms with van der Waals surface area (Å²) in [7, 11) is -2.08. The number of methoxy groups -OCH3 is 1. The molecular weight excluding hydrogens is 354 g/mol. The zero-order valence-corrected chi connectivity index (χ0v) is 16.3. The summed E-state index contributed by atoms with van der Waals surface area (Å²) in [6.07, 6.45) is 2.79. The minimum Gasteiger partial charge on any atom is -0.383 e. The molecule has 0 bridgehead atoms. The number of hydrogen-bond donors (Lipinski definition) is 2. The molecule has 7 nitrogen and oxygen atoms in total. The van der Waals surface area contributed by atoms with Gasteiger partial charge in [-0.1, -0.05) is 6.92 Å². The topological polar surface area (TPSA) is 87.7 Å². The highest BCUT2D eigenvalue weighted by Crippen LogP contribution is 2.18. The van der Waals surface area contributed by atoms with E-state index < -0.39 is 10.0 Å². The number of rotatable bonds is 9. The molecule has 1 aromatic carbocycles. The van der Waals surface area contributed by atoms with Gasteiger partial charge in [-0.2, -0.15) is 0 Å². The molecule has 0 saturated carbocycles. The largest absolute Gasteiger partial charge is 0.383 e. The van der Waals surface area contributed by atoms with Crippen molar-refractivity contribution in [1.82, 2.24) is 14.9 Å². The molecule has 1 aliphatic heterocycles. The van der Waals surface area contributed by atoms with Gasteiger partial charge in [0.05, 0.1) is 11.5 Å². The maximum absolute atomic E-state index is 12.9. The minimum atomic E-state index is -3.59. The number of piperidine rings is 1. The second-order valence-corrected chi connectivity index (χ2v) is 8.16. The fourth-order valence-corrected chi connectivity index (χ4v) is 4.13. The Morgan fingerprint density at radius 2 is 1.92 bits per heavy atom. The first-order valence-corrected chi connectivity index (χ1v) is 10.6. The van der Waals surface area contributed by atoms with Gasteiger partial charge in [0.25, 0.3) is 5.91 Å². The number of amides is 1. The van der Waals surface area contributed by atoms with E-state index in [2.05, 4.69) is 17.0 Å². The average molecular weight is 384 g/mol. The minimum absolute atomic E-state index is 0.0324. The molecule has 1 aromatic rings. The summed E-state index contributed by atoms with van der Waals surface area (Å²) >= 11 is 0. The van der Waals surface area contributed by atoms with Crippen LogP contribution in [0.15, 0.2) is 29.2 Å². The molecule has 2 rings (SSSR count). The van der Waals surface area contributed by atoms with E-state index >= 15 is 0 Å².